The smallest absolute Gasteiger partial charge is 0.00265 e. The molecule has 1 aliphatic rings. The Balaban J connectivity index is 2.17. The summed E-state index contributed by atoms with van der Waals surface area (Å²) in [6, 6.07) is 7.03. The molecule has 1 atom stereocenters. The highest BCUT2D eigenvalue weighted by molar-refractivity contribution is 5.55. The van der Waals surface area contributed by atoms with Gasteiger partial charge in [-0.05, 0) is 55.7 Å². The largest absolute Gasteiger partial charge is 0.0985 e. The second kappa shape index (κ2) is 7.47. The van der Waals surface area contributed by atoms with Gasteiger partial charge >= 0.3 is 0 Å². The topological polar surface area (TPSA) is 0 Å². The summed E-state index contributed by atoms with van der Waals surface area (Å²) in [5.41, 5.74) is 5.82. The molecule has 0 aliphatic heterocycles. The first kappa shape index (κ1) is 15.1. The highest BCUT2D eigenvalue weighted by atomic mass is 14.2. The Labute approximate surface area is 124 Å². The molecule has 0 fully saturated rings. The van der Waals surface area contributed by atoms with Crippen molar-refractivity contribution in [2.75, 3.05) is 0 Å². The fraction of sp³-hybridized carbons (Fsp3) is 0.500. The number of rotatable bonds is 6. The van der Waals surface area contributed by atoms with Crippen LogP contribution in [0.2, 0.25) is 0 Å². The maximum Gasteiger partial charge on any atom is 0.00265 e. The van der Waals surface area contributed by atoms with Crippen LogP contribution in [0, 0.1) is 0 Å². The van der Waals surface area contributed by atoms with E-state index in [0.29, 0.717) is 5.92 Å². The molecule has 0 heteroatoms. The molecule has 0 aromatic heterocycles. The fourth-order valence-corrected chi connectivity index (χ4v) is 3.23. The van der Waals surface area contributed by atoms with E-state index >= 15 is 0 Å². The molecule has 1 aromatic carbocycles. The van der Waals surface area contributed by atoms with Gasteiger partial charge in [-0.25, -0.2) is 0 Å². The zero-order chi connectivity index (χ0) is 14.4. The van der Waals surface area contributed by atoms with Gasteiger partial charge in [0.1, 0.15) is 0 Å². The van der Waals surface area contributed by atoms with Gasteiger partial charge in [0.25, 0.3) is 0 Å². The SMILES string of the molecule is C=Cc1cc(CCCCC)ccc1C1C=C(C)CCC1. The van der Waals surface area contributed by atoms with Crippen molar-refractivity contribution >= 4 is 6.08 Å². The Morgan fingerprint density at radius 1 is 1.30 bits per heavy atom. The van der Waals surface area contributed by atoms with Crippen molar-refractivity contribution < 1.29 is 0 Å². The van der Waals surface area contributed by atoms with E-state index in [9.17, 15) is 0 Å². The fourth-order valence-electron chi connectivity index (χ4n) is 3.23. The van der Waals surface area contributed by atoms with Gasteiger partial charge in [-0.1, -0.05) is 62.3 Å². The first-order valence-electron chi connectivity index (χ1n) is 8.17. The number of aryl methyl sites for hydroxylation is 1. The van der Waals surface area contributed by atoms with Crippen molar-refractivity contribution in [1.82, 2.24) is 0 Å². The van der Waals surface area contributed by atoms with Crippen molar-refractivity contribution in [2.24, 2.45) is 0 Å². The Bertz CT molecular complexity index is 479. The predicted molar refractivity (Wildman–Crippen MR) is 90.1 cm³/mol. The molecule has 1 unspecified atom stereocenters. The van der Waals surface area contributed by atoms with Gasteiger partial charge in [0.15, 0.2) is 0 Å². The van der Waals surface area contributed by atoms with E-state index in [1.54, 1.807) is 5.57 Å². The third-order valence-corrected chi connectivity index (χ3v) is 4.41. The minimum atomic E-state index is 0.599. The minimum Gasteiger partial charge on any atom is -0.0985 e. The summed E-state index contributed by atoms with van der Waals surface area (Å²) < 4.78 is 0. The van der Waals surface area contributed by atoms with Crippen LogP contribution in [0.3, 0.4) is 0 Å². The lowest BCUT2D eigenvalue weighted by Gasteiger charge is -2.22. The normalized spacial score (nSPS) is 18.7. The van der Waals surface area contributed by atoms with E-state index in [-0.39, 0.29) is 0 Å². The van der Waals surface area contributed by atoms with Crippen molar-refractivity contribution in [2.45, 2.75) is 64.7 Å². The van der Waals surface area contributed by atoms with Crippen molar-refractivity contribution in [3.05, 3.63) is 53.1 Å². The van der Waals surface area contributed by atoms with Crippen LogP contribution in [0.1, 0.15) is 75.0 Å². The van der Waals surface area contributed by atoms with E-state index < -0.39 is 0 Å². The van der Waals surface area contributed by atoms with Crippen molar-refractivity contribution in [3.8, 4) is 0 Å². The summed E-state index contributed by atoms with van der Waals surface area (Å²) >= 11 is 0. The molecule has 20 heavy (non-hydrogen) atoms. The van der Waals surface area contributed by atoms with Crippen LogP contribution >= 0.6 is 0 Å². The number of unbranched alkanes of at least 4 members (excludes halogenated alkanes) is 2. The number of hydrogen-bond acceptors (Lipinski definition) is 0. The molecule has 0 N–H and O–H groups in total. The third kappa shape index (κ3) is 3.85. The number of allylic oxidation sites excluding steroid dienone is 2. The maximum atomic E-state index is 4.02. The number of hydrogen-bond donors (Lipinski definition) is 0. The highest BCUT2D eigenvalue weighted by Crippen LogP contribution is 2.33. The summed E-state index contributed by atoms with van der Waals surface area (Å²) in [5.74, 6) is 0.599. The standard InChI is InChI=1S/C20H28/c1-4-6-7-10-17-12-13-20(18(5-2)15-17)19-11-8-9-16(3)14-19/h5,12-15,19H,2,4,6-11H2,1,3H3. The first-order valence-corrected chi connectivity index (χ1v) is 8.17. The molecule has 0 amide bonds. The third-order valence-electron chi connectivity index (χ3n) is 4.41. The molecule has 0 radical (unpaired) electrons. The van der Waals surface area contributed by atoms with Gasteiger partial charge < -0.3 is 0 Å². The molecule has 1 aromatic rings. The monoisotopic (exact) mass is 268 g/mol. The first-order chi connectivity index (χ1) is 9.74. The second-order valence-corrected chi connectivity index (χ2v) is 6.14. The zero-order valence-electron chi connectivity index (χ0n) is 13.1. The molecule has 1 aliphatic carbocycles. The molecular formula is C20H28. The average Bonchev–Trinajstić information content (AvgIpc) is 2.47. The van der Waals surface area contributed by atoms with E-state index in [4.69, 9.17) is 0 Å². The summed E-state index contributed by atoms with van der Waals surface area (Å²) in [6.45, 7) is 8.55. The van der Waals surface area contributed by atoms with Crippen LogP contribution < -0.4 is 0 Å². The molecule has 0 heterocycles. The van der Waals surface area contributed by atoms with Crippen molar-refractivity contribution in [1.29, 1.82) is 0 Å². The predicted octanol–water partition coefficient (Wildman–Crippen LogP) is 6.28. The Morgan fingerprint density at radius 3 is 2.85 bits per heavy atom. The molecule has 0 nitrogen and oxygen atoms in total. The van der Waals surface area contributed by atoms with Crippen LogP contribution in [0.5, 0.6) is 0 Å². The summed E-state index contributed by atoms with van der Waals surface area (Å²) in [5, 5.41) is 0. The van der Waals surface area contributed by atoms with Gasteiger partial charge in [-0.2, -0.15) is 0 Å². The molecule has 108 valence electrons. The highest BCUT2D eigenvalue weighted by Gasteiger charge is 2.16. The number of benzene rings is 1. The van der Waals surface area contributed by atoms with Gasteiger partial charge in [0.05, 0.1) is 0 Å². The van der Waals surface area contributed by atoms with Crippen LogP contribution in [-0.2, 0) is 6.42 Å². The zero-order valence-corrected chi connectivity index (χ0v) is 13.1. The molecule has 0 saturated heterocycles. The van der Waals surface area contributed by atoms with E-state index in [1.165, 1.54) is 61.6 Å². The Morgan fingerprint density at radius 2 is 2.15 bits per heavy atom. The van der Waals surface area contributed by atoms with Gasteiger partial charge in [0.2, 0.25) is 0 Å². The average molecular weight is 268 g/mol. The van der Waals surface area contributed by atoms with Gasteiger partial charge in [-0.3, -0.25) is 0 Å². The van der Waals surface area contributed by atoms with Crippen LogP contribution in [0.25, 0.3) is 6.08 Å². The van der Waals surface area contributed by atoms with Crippen molar-refractivity contribution in [3.63, 3.8) is 0 Å². The van der Waals surface area contributed by atoms with Crippen LogP contribution in [0.4, 0.5) is 0 Å². The second-order valence-electron chi connectivity index (χ2n) is 6.14. The lowest BCUT2D eigenvalue weighted by molar-refractivity contribution is 0.632. The molecule has 0 saturated carbocycles. The molecular weight excluding hydrogens is 240 g/mol. The Hall–Kier alpha value is -1.30. The Kier molecular flexibility index (Phi) is 5.64. The minimum absolute atomic E-state index is 0.599. The van der Waals surface area contributed by atoms with E-state index in [0.717, 1.165) is 0 Å². The maximum absolute atomic E-state index is 4.02. The molecule has 2 rings (SSSR count). The van der Waals surface area contributed by atoms with E-state index in [2.05, 4.69) is 44.7 Å². The quantitative estimate of drug-likeness (QED) is 0.421. The van der Waals surface area contributed by atoms with Gasteiger partial charge in [-0.15, -0.1) is 0 Å². The lowest BCUT2D eigenvalue weighted by atomic mass is 9.83. The summed E-state index contributed by atoms with van der Waals surface area (Å²) in [4.78, 5) is 0. The van der Waals surface area contributed by atoms with E-state index in [1.807, 2.05) is 6.08 Å². The summed E-state index contributed by atoms with van der Waals surface area (Å²) in [6.07, 6.45) is 13.5. The lowest BCUT2D eigenvalue weighted by Crippen LogP contribution is -2.04. The molecule has 0 bridgehead atoms. The van der Waals surface area contributed by atoms with Crippen LogP contribution in [0.15, 0.2) is 36.4 Å². The summed E-state index contributed by atoms with van der Waals surface area (Å²) in [7, 11) is 0. The van der Waals surface area contributed by atoms with Gasteiger partial charge in [0, 0.05) is 5.92 Å². The molecule has 0 spiro atoms. The van der Waals surface area contributed by atoms with Crippen LogP contribution in [-0.4, -0.2) is 0 Å².